The molecule has 1 fully saturated rings. The molecule has 1 aliphatic carbocycles. The molecule has 2 aromatic carbocycles. The predicted octanol–water partition coefficient (Wildman–Crippen LogP) is 4.08. The highest BCUT2D eigenvalue weighted by atomic mass is 16.2. The maximum atomic E-state index is 12.6. The standard InChI is InChI=1S/C20H23NO/c1-21(15-16-12-13-16)20(22)14-19(17-8-4-2-5-9-17)18-10-6-3-7-11-18/h2-11,16,19H,12-15H2,1H3. The molecule has 114 valence electrons. The van der Waals surface area contributed by atoms with Gasteiger partial charge in [-0.25, -0.2) is 0 Å². The van der Waals surface area contributed by atoms with Gasteiger partial charge in [0.2, 0.25) is 5.91 Å². The predicted molar refractivity (Wildman–Crippen MR) is 89.7 cm³/mol. The maximum absolute atomic E-state index is 12.6. The van der Waals surface area contributed by atoms with Crippen molar-refractivity contribution in [3.8, 4) is 0 Å². The van der Waals surface area contributed by atoms with Crippen molar-refractivity contribution in [2.75, 3.05) is 13.6 Å². The van der Waals surface area contributed by atoms with Crippen molar-refractivity contribution in [1.82, 2.24) is 4.90 Å². The molecule has 0 bridgehead atoms. The Morgan fingerprint density at radius 3 is 1.95 bits per heavy atom. The molecule has 0 N–H and O–H groups in total. The number of carbonyl (C=O) groups is 1. The molecule has 0 atom stereocenters. The van der Waals surface area contributed by atoms with Crippen molar-refractivity contribution < 1.29 is 4.79 Å². The van der Waals surface area contributed by atoms with E-state index in [2.05, 4.69) is 24.3 Å². The van der Waals surface area contributed by atoms with Crippen LogP contribution in [-0.2, 0) is 4.79 Å². The first-order valence-electron chi connectivity index (χ1n) is 8.08. The van der Waals surface area contributed by atoms with Crippen LogP contribution in [0.2, 0.25) is 0 Å². The summed E-state index contributed by atoms with van der Waals surface area (Å²) < 4.78 is 0. The first-order valence-corrected chi connectivity index (χ1v) is 8.08. The van der Waals surface area contributed by atoms with Gasteiger partial charge in [-0.2, -0.15) is 0 Å². The van der Waals surface area contributed by atoms with E-state index in [0.717, 1.165) is 12.5 Å². The molecule has 1 saturated carbocycles. The minimum Gasteiger partial charge on any atom is -0.345 e. The second-order valence-electron chi connectivity index (χ2n) is 6.30. The van der Waals surface area contributed by atoms with Crippen LogP contribution in [0, 0.1) is 5.92 Å². The zero-order chi connectivity index (χ0) is 15.4. The van der Waals surface area contributed by atoms with Crippen LogP contribution in [-0.4, -0.2) is 24.4 Å². The number of carbonyl (C=O) groups excluding carboxylic acids is 1. The lowest BCUT2D eigenvalue weighted by Crippen LogP contribution is -2.30. The van der Waals surface area contributed by atoms with Crippen LogP contribution in [0.4, 0.5) is 0 Å². The summed E-state index contributed by atoms with van der Waals surface area (Å²) in [6, 6.07) is 20.7. The molecule has 22 heavy (non-hydrogen) atoms. The second kappa shape index (κ2) is 6.78. The molecule has 0 radical (unpaired) electrons. The normalized spacial score (nSPS) is 14.1. The lowest BCUT2D eigenvalue weighted by Gasteiger charge is -2.22. The van der Waals surface area contributed by atoms with Crippen molar-refractivity contribution in [2.24, 2.45) is 5.92 Å². The molecule has 0 spiro atoms. The summed E-state index contributed by atoms with van der Waals surface area (Å²) in [5.41, 5.74) is 2.42. The minimum absolute atomic E-state index is 0.136. The summed E-state index contributed by atoms with van der Waals surface area (Å²) in [7, 11) is 1.94. The van der Waals surface area contributed by atoms with Gasteiger partial charge in [-0.1, -0.05) is 60.7 Å². The Bertz CT molecular complexity index is 565. The largest absolute Gasteiger partial charge is 0.345 e. The third kappa shape index (κ3) is 3.76. The van der Waals surface area contributed by atoms with Crippen molar-refractivity contribution in [3.63, 3.8) is 0 Å². The fraction of sp³-hybridized carbons (Fsp3) is 0.350. The molecule has 0 heterocycles. The van der Waals surface area contributed by atoms with Crippen LogP contribution in [0.25, 0.3) is 0 Å². The van der Waals surface area contributed by atoms with E-state index in [1.807, 2.05) is 48.3 Å². The molecule has 0 unspecified atom stereocenters. The third-order valence-corrected chi connectivity index (χ3v) is 4.44. The average molecular weight is 293 g/mol. The third-order valence-electron chi connectivity index (χ3n) is 4.44. The average Bonchev–Trinajstić information content (AvgIpc) is 3.38. The van der Waals surface area contributed by atoms with E-state index in [9.17, 15) is 4.79 Å². The number of amides is 1. The maximum Gasteiger partial charge on any atom is 0.223 e. The quantitative estimate of drug-likeness (QED) is 0.786. The molecule has 2 heteroatoms. The van der Waals surface area contributed by atoms with E-state index >= 15 is 0 Å². The van der Waals surface area contributed by atoms with Crippen molar-refractivity contribution in [1.29, 1.82) is 0 Å². The second-order valence-corrected chi connectivity index (χ2v) is 6.30. The van der Waals surface area contributed by atoms with Gasteiger partial charge in [0.15, 0.2) is 0 Å². The van der Waals surface area contributed by atoms with Crippen LogP contribution in [0.5, 0.6) is 0 Å². The first-order chi connectivity index (χ1) is 10.7. The number of nitrogens with zero attached hydrogens (tertiary/aromatic N) is 1. The van der Waals surface area contributed by atoms with Gasteiger partial charge < -0.3 is 4.90 Å². The minimum atomic E-state index is 0.136. The summed E-state index contributed by atoms with van der Waals surface area (Å²) in [6.45, 7) is 0.912. The summed E-state index contributed by atoms with van der Waals surface area (Å²) in [5.74, 6) is 1.11. The van der Waals surface area contributed by atoms with Crippen LogP contribution in [0.3, 0.4) is 0 Å². The highest BCUT2D eigenvalue weighted by molar-refractivity contribution is 5.77. The van der Waals surface area contributed by atoms with Gasteiger partial charge in [0.25, 0.3) is 0 Å². The highest BCUT2D eigenvalue weighted by Crippen LogP contribution is 2.31. The molecular weight excluding hydrogens is 270 g/mol. The van der Waals surface area contributed by atoms with Crippen molar-refractivity contribution >= 4 is 5.91 Å². The van der Waals surface area contributed by atoms with Gasteiger partial charge in [0.1, 0.15) is 0 Å². The zero-order valence-corrected chi connectivity index (χ0v) is 13.1. The Balaban J connectivity index is 1.78. The van der Waals surface area contributed by atoms with Gasteiger partial charge in [0.05, 0.1) is 0 Å². The monoisotopic (exact) mass is 293 g/mol. The molecule has 2 nitrogen and oxygen atoms in total. The number of rotatable bonds is 6. The fourth-order valence-electron chi connectivity index (χ4n) is 2.92. The summed E-state index contributed by atoms with van der Waals surface area (Å²) >= 11 is 0. The number of benzene rings is 2. The Morgan fingerprint density at radius 1 is 1.00 bits per heavy atom. The molecule has 1 amide bonds. The SMILES string of the molecule is CN(CC1CC1)C(=O)CC(c1ccccc1)c1ccccc1. The first kappa shape index (κ1) is 14.8. The van der Waals surface area contributed by atoms with E-state index in [1.54, 1.807) is 0 Å². The topological polar surface area (TPSA) is 20.3 Å². The molecular formula is C20H23NO. The molecule has 1 aliphatic rings. The van der Waals surface area contributed by atoms with Gasteiger partial charge in [0, 0.05) is 25.9 Å². The van der Waals surface area contributed by atoms with Crippen LogP contribution >= 0.6 is 0 Å². The van der Waals surface area contributed by atoms with E-state index in [-0.39, 0.29) is 11.8 Å². The Labute approximate surface area is 132 Å². The van der Waals surface area contributed by atoms with Gasteiger partial charge in [-0.3, -0.25) is 4.79 Å². The van der Waals surface area contributed by atoms with Gasteiger partial charge >= 0.3 is 0 Å². The summed E-state index contributed by atoms with van der Waals surface area (Å²) in [5, 5.41) is 0. The lowest BCUT2D eigenvalue weighted by molar-refractivity contribution is -0.130. The molecule has 2 aromatic rings. The molecule has 3 rings (SSSR count). The zero-order valence-electron chi connectivity index (χ0n) is 13.1. The fourth-order valence-corrected chi connectivity index (χ4v) is 2.92. The molecule has 0 saturated heterocycles. The van der Waals surface area contributed by atoms with E-state index in [4.69, 9.17) is 0 Å². The van der Waals surface area contributed by atoms with E-state index < -0.39 is 0 Å². The van der Waals surface area contributed by atoms with Crippen molar-refractivity contribution in [2.45, 2.75) is 25.2 Å². The lowest BCUT2D eigenvalue weighted by atomic mass is 9.88. The smallest absolute Gasteiger partial charge is 0.223 e. The van der Waals surface area contributed by atoms with Crippen LogP contribution in [0.15, 0.2) is 60.7 Å². The Hall–Kier alpha value is -2.09. The van der Waals surface area contributed by atoms with E-state index in [0.29, 0.717) is 6.42 Å². The summed E-state index contributed by atoms with van der Waals surface area (Å²) in [6.07, 6.45) is 3.09. The Morgan fingerprint density at radius 2 is 1.50 bits per heavy atom. The van der Waals surface area contributed by atoms with Crippen LogP contribution in [0.1, 0.15) is 36.3 Å². The molecule has 0 aliphatic heterocycles. The van der Waals surface area contributed by atoms with Crippen LogP contribution < -0.4 is 0 Å². The number of hydrogen-bond donors (Lipinski definition) is 0. The molecule has 0 aromatic heterocycles. The van der Waals surface area contributed by atoms with Gasteiger partial charge in [-0.05, 0) is 29.9 Å². The Kier molecular flexibility index (Phi) is 4.57. The van der Waals surface area contributed by atoms with E-state index in [1.165, 1.54) is 24.0 Å². The summed E-state index contributed by atoms with van der Waals surface area (Å²) in [4.78, 5) is 14.5. The number of hydrogen-bond acceptors (Lipinski definition) is 1. The highest BCUT2D eigenvalue weighted by Gasteiger charge is 2.26. The van der Waals surface area contributed by atoms with Gasteiger partial charge in [-0.15, -0.1) is 0 Å². The van der Waals surface area contributed by atoms with Crippen molar-refractivity contribution in [3.05, 3.63) is 71.8 Å².